The summed E-state index contributed by atoms with van der Waals surface area (Å²) in [7, 11) is 1.60. The van der Waals surface area contributed by atoms with Gasteiger partial charge in [-0.1, -0.05) is 54.9 Å². The third-order valence-corrected chi connectivity index (χ3v) is 4.85. The van der Waals surface area contributed by atoms with E-state index in [9.17, 15) is 0 Å². The predicted molar refractivity (Wildman–Crippen MR) is 125 cm³/mol. The maximum Gasteiger partial charge on any atom is 0.125 e. The van der Waals surface area contributed by atoms with E-state index in [1.165, 1.54) is 5.56 Å². The second-order valence-electron chi connectivity index (χ2n) is 7.39. The number of hydrogen-bond acceptors (Lipinski definition) is 4. The predicted octanol–water partition coefficient (Wildman–Crippen LogP) is 6.42. The van der Waals surface area contributed by atoms with Gasteiger partial charge in [-0.3, -0.25) is 0 Å². The highest BCUT2D eigenvalue weighted by Gasteiger charge is 2.08. The van der Waals surface area contributed by atoms with Gasteiger partial charge in [0.05, 0.1) is 12.3 Å². The van der Waals surface area contributed by atoms with E-state index >= 15 is 0 Å². The molecule has 4 heteroatoms. The molecule has 0 bridgehead atoms. The minimum Gasteiger partial charge on any atom is -0.493 e. The maximum atomic E-state index is 6.09. The molecule has 0 aliphatic heterocycles. The standard InChI is InChI=1S/C26H35NO3/c1-6-8-16-29-24-18-20(3)26(21(4)19-24)30-17-9-11-22-12-14-23(15-13-22)25(10-7-2)27-28-5/h6,8,12-15,18-19H,7,9-11,16-17H2,1-5H3/b8-6+,27-25+. The lowest BCUT2D eigenvalue weighted by Gasteiger charge is -2.14. The van der Waals surface area contributed by atoms with Gasteiger partial charge >= 0.3 is 0 Å². The highest BCUT2D eigenvalue weighted by atomic mass is 16.6. The number of allylic oxidation sites excluding steroid dienone is 1. The van der Waals surface area contributed by atoms with Crippen LogP contribution < -0.4 is 9.47 Å². The molecule has 4 nitrogen and oxygen atoms in total. The minimum absolute atomic E-state index is 0.589. The summed E-state index contributed by atoms with van der Waals surface area (Å²) >= 11 is 0. The van der Waals surface area contributed by atoms with Gasteiger partial charge < -0.3 is 14.3 Å². The number of benzene rings is 2. The molecule has 0 N–H and O–H groups in total. The quantitative estimate of drug-likeness (QED) is 0.176. The Morgan fingerprint density at radius 1 is 1.03 bits per heavy atom. The summed E-state index contributed by atoms with van der Waals surface area (Å²) in [5.41, 5.74) is 5.64. The van der Waals surface area contributed by atoms with E-state index in [0.717, 1.165) is 59.6 Å². The summed E-state index contributed by atoms with van der Waals surface area (Å²) in [6, 6.07) is 12.7. The molecule has 0 amide bonds. The van der Waals surface area contributed by atoms with Crippen molar-refractivity contribution < 1.29 is 14.3 Å². The van der Waals surface area contributed by atoms with Crippen molar-refractivity contribution in [3.63, 3.8) is 0 Å². The van der Waals surface area contributed by atoms with Crippen molar-refractivity contribution in [3.05, 3.63) is 70.8 Å². The molecule has 0 saturated heterocycles. The van der Waals surface area contributed by atoms with Crippen molar-refractivity contribution >= 4 is 5.71 Å². The average Bonchev–Trinajstić information content (AvgIpc) is 2.73. The van der Waals surface area contributed by atoms with Crippen molar-refractivity contribution in [2.75, 3.05) is 20.3 Å². The molecule has 0 aliphatic carbocycles. The van der Waals surface area contributed by atoms with Gasteiger partial charge in [0.1, 0.15) is 25.2 Å². The van der Waals surface area contributed by atoms with Crippen LogP contribution in [0.3, 0.4) is 0 Å². The van der Waals surface area contributed by atoms with Crippen molar-refractivity contribution in [3.8, 4) is 11.5 Å². The van der Waals surface area contributed by atoms with Gasteiger partial charge in [-0.05, 0) is 74.4 Å². The molecule has 0 heterocycles. The van der Waals surface area contributed by atoms with Crippen LogP contribution in [0.1, 0.15) is 55.4 Å². The van der Waals surface area contributed by atoms with Gasteiger partial charge in [-0.25, -0.2) is 0 Å². The minimum atomic E-state index is 0.589. The molecule has 0 aromatic heterocycles. The van der Waals surface area contributed by atoms with Crippen molar-refractivity contribution in [2.24, 2.45) is 5.16 Å². The highest BCUT2D eigenvalue weighted by Crippen LogP contribution is 2.28. The van der Waals surface area contributed by atoms with Gasteiger partial charge in [0.15, 0.2) is 0 Å². The van der Waals surface area contributed by atoms with Gasteiger partial charge in [0.25, 0.3) is 0 Å². The fourth-order valence-electron chi connectivity index (χ4n) is 3.37. The summed E-state index contributed by atoms with van der Waals surface area (Å²) in [5.74, 6) is 1.85. The third-order valence-electron chi connectivity index (χ3n) is 4.85. The Morgan fingerprint density at radius 3 is 2.33 bits per heavy atom. The monoisotopic (exact) mass is 409 g/mol. The van der Waals surface area contributed by atoms with E-state index in [4.69, 9.17) is 14.3 Å². The molecule has 0 fully saturated rings. The lowest BCUT2D eigenvalue weighted by Crippen LogP contribution is -2.04. The number of ether oxygens (including phenoxy) is 2. The van der Waals surface area contributed by atoms with Crippen molar-refractivity contribution in [2.45, 2.75) is 53.4 Å². The number of oxime groups is 1. The average molecular weight is 410 g/mol. The zero-order chi connectivity index (χ0) is 21.8. The number of hydrogen-bond donors (Lipinski definition) is 0. The Kier molecular flexibility index (Phi) is 9.99. The molecular formula is C26H35NO3. The largest absolute Gasteiger partial charge is 0.493 e. The Labute approximate surface area is 181 Å². The first kappa shape index (κ1) is 23.5. The van der Waals surface area contributed by atoms with Crippen LogP contribution in [0.15, 0.2) is 53.7 Å². The fourth-order valence-corrected chi connectivity index (χ4v) is 3.37. The fraction of sp³-hybridized carbons (Fsp3) is 0.423. The van der Waals surface area contributed by atoms with Crippen LogP contribution in [0.5, 0.6) is 11.5 Å². The Hall–Kier alpha value is -2.75. The molecule has 162 valence electrons. The van der Waals surface area contributed by atoms with Gasteiger partial charge in [-0.15, -0.1) is 0 Å². The number of nitrogens with zero attached hydrogens (tertiary/aromatic N) is 1. The van der Waals surface area contributed by atoms with Gasteiger partial charge in [0, 0.05) is 0 Å². The Bertz CT molecular complexity index is 815. The summed E-state index contributed by atoms with van der Waals surface area (Å²) in [5, 5.41) is 4.15. The van der Waals surface area contributed by atoms with Crippen LogP contribution >= 0.6 is 0 Å². The van der Waals surface area contributed by atoms with E-state index in [1.54, 1.807) is 7.11 Å². The summed E-state index contributed by atoms with van der Waals surface area (Å²) in [4.78, 5) is 4.97. The molecule has 0 radical (unpaired) electrons. The first-order valence-corrected chi connectivity index (χ1v) is 10.8. The van der Waals surface area contributed by atoms with Crippen LogP contribution in [0.2, 0.25) is 0 Å². The van der Waals surface area contributed by atoms with Crippen LogP contribution in [0.25, 0.3) is 0 Å². The molecule has 0 atom stereocenters. The molecule has 0 unspecified atom stereocenters. The van der Waals surface area contributed by atoms with Crippen molar-refractivity contribution in [1.82, 2.24) is 0 Å². The summed E-state index contributed by atoms with van der Waals surface area (Å²) in [6.45, 7) is 9.55. The molecule has 0 spiro atoms. The first-order valence-electron chi connectivity index (χ1n) is 10.8. The Balaban J connectivity index is 1.87. The molecular weight excluding hydrogens is 374 g/mol. The maximum absolute atomic E-state index is 6.09. The lowest BCUT2D eigenvalue weighted by molar-refractivity contribution is 0.213. The third kappa shape index (κ3) is 7.25. The van der Waals surface area contributed by atoms with Crippen LogP contribution in [0.4, 0.5) is 0 Å². The summed E-state index contributed by atoms with van der Waals surface area (Å²) in [6.07, 6.45) is 7.89. The van der Waals surface area contributed by atoms with E-state index in [0.29, 0.717) is 13.2 Å². The molecule has 0 aliphatic rings. The van der Waals surface area contributed by atoms with Gasteiger partial charge in [-0.2, -0.15) is 0 Å². The van der Waals surface area contributed by atoms with Gasteiger partial charge in [0.2, 0.25) is 0 Å². The lowest BCUT2D eigenvalue weighted by atomic mass is 10.0. The van der Waals surface area contributed by atoms with Crippen LogP contribution in [-0.2, 0) is 11.3 Å². The molecule has 2 aromatic rings. The SMILES string of the molecule is C/C=C/COc1cc(C)c(OCCCc2ccc(/C(CCC)=N/OC)cc2)c(C)c1. The molecule has 2 rings (SSSR count). The van der Waals surface area contributed by atoms with Crippen LogP contribution in [0, 0.1) is 13.8 Å². The van der Waals surface area contributed by atoms with E-state index in [2.05, 4.69) is 50.2 Å². The zero-order valence-electron chi connectivity index (χ0n) is 19.0. The smallest absolute Gasteiger partial charge is 0.125 e. The second-order valence-corrected chi connectivity index (χ2v) is 7.39. The Morgan fingerprint density at radius 2 is 1.73 bits per heavy atom. The highest BCUT2D eigenvalue weighted by molar-refractivity contribution is 6.00. The van der Waals surface area contributed by atoms with Crippen LogP contribution in [-0.4, -0.2) is 26.0 Å². The molecule has 0 saturated carbocycles. The number of rotatable bonds is 12. The molecule has 30 heavy (non-hydrogen) atoms. The normalized spacial score (nSPS) is 11.7. The van der Waals surface area contributed by atoms with E-state index in [1.807, 2.05) is 31.2 Å². The molecule has 2 aromatic carbocycles. The summed E-state index contributed by atoms with van der Waals surface area (Å²) < 4.78 is 11.8. The second kappa shape index (κ2) is 12.7. The van der Waals surface area contributed by atoms with Crippen molar-refractivity contribution in [1.29, 1.82) is 0 Å². The van der Waals surface area contributed by atoms with E-state index in [-0.39, 0.29) is 0 Å². The first-order chi connectivity index (χ1) is 14.6. The topological polar surface area (TPSA) is 40.0 Å². The van der Waals surface area contributed by atoms with E-state index < -0.39 is 0 Å². The number of aryl methyl sites for hydroxylation is 3. The zero-order valence-corrected chi connectivity index (χ0v) is 19.0.